The zero-order chi connectivity index (χ0) is 11.7. The molecule has 3 unspecified atom stereocenters. The van der Waals surface area contributed by atoms with E-state index >= 15 is 0 Å². The number of esters is 1. The third-order valence-corrected chi connectivity index (χ3v) is 3.13. The highest BCUT2D eigenvalue weighted by Crippen LogP contribution is 2.41. The minimum absolute atomic E-state index is 0.0768. The molecule has 1 aliphatic heterocycles. The molecule has 0 aromatic carbocycles. The number of carbonyl (C=O) groups is 1. The largest absolute Gasteiger partial charge is 0.472 e. The van der Waals surface area contributed by atoms with Gasteiger partial charge in [0.05, 0.1) is 18.9 Å². The molecule has 0 spiro atoms. The van der Waals surface area contributed by atoms with Gasteiger partial charge in [-0.3, -0.25) is 0 Å². The van der Waals surface area contributed by atoms with E-state index in [0.717, 1.165) is 0 Å². The van der Waals surface area contributed by atoms with Gasteiger partial charge in [-0.2, -0.15) is 0 Å². The first-order valence-corrected chi connectivity index (χ1v) is 5.10. The number of ether oxygens (including phenoxy) is 2. The Morgan fingerprint density at radius 3 is 2.94 bits per heavy atom. The Bertz CT molecular complexity index is 346. The van der Waals surface area contributed by atoms with Crippen molar-refractivity contribution in [1.29, 1.82) is 0 Å². The Labute approximate surface area is 93.0 Å². The molecule has 0 aromatic rings. The fourth-order valence-electron chi connectivity index (χ4n) is 2.28. The maximum absolute atomic E-state index is 11.5. The zero-order valence-corrected chi connectivity index (χ0v) is 8.87. The Morgan fingerprint density at radius 1 is 1.56 bits per heavy atom. The van der Waals surface area contributed by atoms with Crippen molar-refractivity contribution in [3.63, 3.8) is 0 Å². The first-order valence-electron chi connectivity index (χ1n) is 5.10. The standard InChI is InChI=1S/C11H14O5/c1-15-10(13)8-5-16-11(14)9-6(4-12)2-3-7(8)9/h2-3,5-7,9,11-12,14H,4H2,1H3/t6?,7?,9?,11-/m1/s1. The average Bonchev–Trinajstić information content (AvgIpc) is 2.73. The normalized spacial score (nSPS) is 36.3. The van der Waals surface area contributed by atoms with Gasteiger partial charge in [-0.05, 0) is 0 Å². The number of aliphatic hydroxyl groups is 2. The summed E-state index contributed by atoms with van der Waals surface area (Å²) in [4.78, 5) is 11.5. The van der Waals surface area contributed by atoms with Crippen LogP contribution >= 0.6 is 0 Å². The molecule has 2 aliphatic rings. The molecule has 4 atom stereocenters. The van der Waals surface area contributed by atoms with Crippen LogP contribution in [0.15, 0.2) is 24.0 Å². The first-order chi connectivity index (χ1) is 7.69. The van der Waals surface area contributed by atoms with E-state index in [-0.39, 0.29) is 24.4 Å². The summed E-state index contributed by atoms with van der Waals surface area (Å²) in [7, 11) is 1.30. The molecule has 5 heteroatoms. The second-order valence-electron chi connectivity index (χ2n) is 3.93. The molecule has 0 amide bonds. The number of methoxy groups -OCH3 is 1. The third-order valence-electron chi connectivity index (χ3n) is 3.13. The Morgan fingerprint density at radius 2 is 2.31 bits per heavy atom. The lowest BCUT2D eigenvalue weighted by Gasteiger charge is -2.32. The number of hydrogen-bond acceptors (Lipinski definition) is 5. The van der Waals surface area contributed by atoms with Gasteiger partial charge in [0.1, 0.15) is 0 Å². The van der Waals surface area contributed by atoms with Crippen LogP contribution in [0.4, 0.5) is 0 Å². The molecule has 1 heterocycles. The lowest BCUT2D eigenvalue weighted by Crippen LogP contribution is -2.37. The molecule has 16 heavy (non-hydrogen) atoms. The predicted molar refractivity (Wildman–Crippen MR) is 53.9 cm³/mol. The van der Waals surface area contributed by atoms with Crippen molar-refractivity contribution in [2.24, 2.45) is 17.8 Å². The molecule has 0 fully saturated rings. The van der Waals surface area contributed by atoms with Gasteiger partial charge in [0.25, 0.3) is 0 Å². The zero-order valence-electron chi connectivity index (χ0n) is 8.87. The Kier molecular flexibility index (Phi) is 2.98. The second kappa shape index (κ2) is 4.27. The van der Waals surface area contributed by atoms with Gasteiger partial charge in [0.15, 0.2) is 0 Å². The number of rotatable bonds is 2. The summed E-state index contributed by atoms with van der Waals surface area (Å²) in [5.41, 5.74) is 0.380. The van der Waals surface area contributed by atoms with E-state index in [1.807, 2.05) is 0 Å². The van der Waals surface area contributed by atoms with Crippen LogP contribution in [-0.4, -0.2) is 36.2 Å². The van der Waals surface area contributed by atoms with E-state index in [1.165, 1.54) is 13.4 Å². The molecule has 5 nitrogen and oxygen atoms in total. The van der Waals surface area contributed by atoms with Crippen molar-refractivity contribution in [1.82, 2.24) is 0 Å². The maximum atomic E-state index is 11.5. The van der Waals surface area contributed by atoms with Crippen molar-refractivity contribution in [3.05, 3.63) is 24.0 Å². The van der Waals surface area contributed by atoms with Gasteiger partial charge in [-0.25, -0.2) is 4.79 Å². The van der Waals surface area contributed by atoms with Crippen LogP contribution < -0.4 is 0 Å². The van der Waals surface area contributed by atoms with Crippen LogP contribution in [-0.2, 0) is 14.3 Å². The lowest BCUT2D eigenvalue weighted by atomic mass is 9.82. The smallest absolute Gasteiger partial charge is 0.337 e. The molecule has 0 saturated carbocycles. The summed E-state index contributed by atoms with van der Waals surface area (Å²) in [6.07, 6.45) is 3.84. The summed E-state index contributed by atoms with van der Waals surface area (Å²) >= 11 is 0. The molecule has 0 radical (unpaired) electrons. The quantitative estimate of drug-likeness (QED) is 0.504. The van der Waals surface area contributed by atoms with E-state index in [2.05, 4.69) is 4.74 Å². The Balaban J connectivity index is 2.26. The lowest BCUT2D eigenvalue weighted by molar-refractivity contribution is -0.145. The summed E-state index contributed by atoms with van der Waals surface area (Å²) in [5.74, 6) is -1.21. The molecule has 1 aliphatic carbocycles. The van der Waals surface area contributed by atoms with Crippen molar-refractivity contribution in [2.75, 3.05) is 13.7 Å². The van der Waals surface area contributed by atoms with Gasteiger partial charge in [0, 0.05) is 24.4 Å². The molecule has 0 bridgehead atoms. The fourth-order valence-corrected chi connectivity index (χ4v) is 2.28. The average molecular weight is 226 g/mol. The van der Waals surface area contributed by atoms with Crippen molar-refractivity contribution in [2.45, 2.75) is 6.29 Å². The third kappa shape index (κ3) is 1.62. The van der Waals surface area contributed by atoms with Crippen molar-refractivity contribution < 1.29 is 24.5 Å². The number of aliphatic hydroxyl groups excluding tert-OH is 2. The summed E-state index contributed by atoms with van der Waals surface area (Å²) in [5, 5.41) is 18.8. The van der Waals surface area contributed by atoms with E-state index in [0.29, 0.717) is 5.57 Å². The highest BCUT2D eigenvalue weighted by molar-refractivity contribution is 5.89. The van der Waals surface area contributed by atoms with Crippen LogP contribution in [0, 0.1) is 17.8 Å². The molecule has 2 rings (SSSR count). The highest BCUT2D eigenvalue weighted by Gasteiger charge is 2.44. The van der Waals surface area contributed by atoms with Gasteiger partial charge in [-0.1, -0.05) is 12.2 Å². The van der Waals surface area contributed by atoms with Gasteiger partial charge in [0.2, 0.25) is 6.29 Å². The first kappa shape index (κ1) is 11.2. The molecule has 0 aromatic heterocycles. The number of allylic oxidation sites excluding steroid dienone is 1. The second-order valence-corrected chi connectivity index (χ2v) is 3.93. The highest BCUT2D eigenvalue weighted by atomic mass is 16.6. The predicted octanol–water partition coefficient (Wildman–Crippen LogP) is -0.197. The fraction of sp³-hybridized carbons (Fsp3) is 0.545. The van der Waals surface area contributed by atoms with Crippen LogP contribution in [0.3, 0.4) is 0 Å². The monoisotopic (exact) mass is 226 g/mol. The van der Waals surface area contributed by atoms with Gasteiger partial charge in [-0.15, -0.1) is 0 Å². The number of carbonyl (C=O) groups excluding carboxylic acids is 1. The summed E-state index contributed by atoms with van der Waals surface area (Å²) in [6.45, 7) is -0.0768. The molecule has 88 valence electrons. The topological polar surface area (TPSA) is 76.0 Å². The number of hydrogen-bond donors (Lipinski definition) is 2. The van der Waals surface area contributed by atoms with E-state index in [9.17, 15) is 9.90 Å². The SMILES string of the molecule is COC(=O)C1=CO[C@@H](O)C2C(CO)C=CC12. The van der Waals surface area contributed by atoms with Gasteiger partial charge >= 0.3 is 5.97 Å². The minimum Gasteiger partial charge on any atom is -0.472 e. The molecule has 0 saturated heterocycles. The van der Waals surface area contributed by atoms with E-state index in [1.54, 1.807) is 12.2 Å². The summed E-state index contributed by atoms with van der Waals surface area (Å²) in [6, 6.07) is 0. The summed E-state index contributed by atoms with van der Waals surface area (Å²) < 4.78 is 9.64. The van der Waals surface area contributed by atoms with E-state index in [4.69, 9.17) is 9.84 Å². The molecular formula is C11H14O5. The van der Waals surface area contributed by atoms with Crippen molar-refractivity contribution >= 4 is 5.97 Å². The maximum Gasteiger partial charge on any atom is 0.337 e. The van der Waals surface area contributed by atoms with E-state index < -0.39 is 12.3 Å². The van der Waals surface area contributed by atoms with Crippen LogP contribution in [0.25, 0.3) is 0 Å². The minimum atomic E-state index is -0.995. The van der Waals surface area contributed by atoms with Crippen LogP contribution in [0.5, 0.6) is 0 Å². The molecular weight excluding hydrogens is 212 g/mol. The van der Waals surface area contributed by atoms with Crippen LogP contribution in [0.2, 0.25) is 0 Å². The molecule has 2 N–H and O–H groups in total. The Hall–Kier alpha value is -1.33. The van der Waals surface area contributed by atoms with Crippen LogP contribution in [0.1, 0.15) is 0 Å². The van der Waals surface area contributed by atoms with Crippen molar-refractivity contribution in [3.8, 4) is 0 Å². The van der Waals surface area contributed by atoms with Gasteiger partial charge < -0.3 is 19.7 Å². The number of fused-ring (bicyclic) bond motifs is 1.